The Morgan fingerprint density at radius 1 is 1.21 bits per heavy atom. The maximum Gasteiger partial charge on any atom is 0.275 e. The number of carbonyl (C=O) groups is 2. The fourth-order valence-corrected chi connectivity index (χ4v) is 5.46. The van der Waals surface area contributed by atoms with Gasteiger partial charge in [0.25, 0.3) is 11.8 Å². The lowest BCUT2D eigenvalue weighted by molar-refractivity contribution is 0.0991. The lowest BCUT2D eigenvalue weighted by atomic mass is 10.1. The molecule has 34 heavy (non-hydrogen) atoms. The number of hydrogen-bond donors (Lipinski definition) is 2. The highest BCUT2D eigenvalue weighted by Crippen LogP contribution is 2.32. The van der Waals surface area contributed by atoms with Crippen molar-refractivity contribution in [3.05, 3.63) is 58.9 Å². The number of carbonyl (C=O) groups excluding carboxylic acids is 2. The largest absolute Gasteiger partial charge is 0.367 e. The molecular formula is C22H22N6O4S2. The Kier molecular flexibility index (Phi) is 5.80. The predicted molar refractivity (Wildman–Crippen MR) is 129 cm³/mol. The fourth-order valence-electron chi connectivity index (χ4n) is 4.01. The molecule has 2 N–H and O–H groups in total. The van der Waals surface area contributed by atoms with E-state index < -0.39 is 15.7 Å². The molecule has 1 saturated heterocycles. The van der Waals surface area contributed by atoms with Crippen LogP contribution in [0.4, 0.5) is 16.5 Å². The van der Waals surface area contributed by atoms with E-state index in [0.29, 0.717) is 16.4 Å². The smallest absolute Gasteiger partial charge is 0.275 e. The van der Waals surface area contributed by atoms with Crippen LogP contribution >= 0.6 is 11.3 Å². The highest BCUT2D eigenvalue weighted by Gasteiger charge is 2.32. The first-order valence-corrected chi connectivity index (χ1v) is 13.4. The van der Waals surface area contributed by atoms with Gasteiger partial charge in [0.1, 0.15) is 5.69 Å². The van der Waals surface area contributed by atoms with Crippen molar-refractivity contribution in [2.45, 2.75) is 11.4 Å². The van der Waals surface area contributed by atoms with Gasteiger partial charge in [0.15, 0.2) is 15.0 Å². The van der Waals surface area contributed by atoms with E-state index in [9.17, 15) is 18.0 Å². The molecule has 0 aliphatic carbocycles. The molecule has 0 spiro atoms. The normalized spacial score (nSPS) is 16.0. The third-order valence-corrected chi connectivity index (χ3v) is 7.75. The average Bonchev–Trinajstić information content (AvgIpc) is 3.44. The second-order valence-corrected chi connectivity index (χ2v) is 10.9. The standard InChI is InChI=1S/C22H22N6O4S2/c1-34(31,32)15-3-2-14-12-28(21(30)16(14)10-15)22-26-18(13-33-22)20(29)25-17-11-24-5-4-19(17)27-8-6-23-7-9-27/h2-5,10-11,13,23H,6-9,12H2,1H3,(H,25,29). The molecule has 2 aromatic heterocycles. The van der Waals surface area contributed by atoms with Crippen LogP contribution in [0.3, 0.4) is 0 Å². The Hall–Kier alpha value is -3.35. The monoisotopic (exact) mass is 498 g/mol. The average molecular weight is 499 g/mol. The van der Waals surface area contributed by atoms with Crippen molar-refractivity contribution in [3.63, 3.8) is 0 Å². The Balaban J connectivity index is 1.34. The first-order valence-electron chi connectivity index (χ1n) is 10.6. The number of sulfone groups is 1. The van der Waals surface area contributed by atoms with Crippen molar-refractivity contribution in [2.75, 3.05) is 47.6 Å². The SMILES string of the molecule is CS(=O)(=O)c1ccc2c(c1)C(=O)N(c1nc(C(=O)Nc3cnccc3N3CCNCC3)cs1)C2. The fraction of sp³-hybridized carbons (Fsp3) is 0.273. The number of thiazole rings is 1. The molecule has 2 aliphatic rings. The zero-order valence-electron chi connectivity index (χ0n) is 18.3. The van der Waals surface area contributed by atoms with Gasteiger partial charge < -0.3 is 15.5 Å². The van der Waals surface area contributed by atoms with Crippen LogP contribution in [0.15, 0.2) is 46.9 Å². The Labute approximate surface area is 200 Å². The van der Waals surface area contributed by atoms with Crippen molar-refractivity contribution in [2.24, 2.45) is 0 Å². The van der Waals surface area contributed by atoms with Crippen LogP contribution in [0.2, 0.25) is 0 Å². The quantitative estimate of drug-likeness (QED) is 0.545. The maximum atomic E-state index is 12.9. The van der Waals surface area contributed by atoms with Crippen LogP contribution in [0.25, 0.3) is 0 Å². The zero-order chi connectivity index (χ0) is 23.9. The molecule has 3 aromatic rings. The molecule has 5 rings (SSSR count). The van der Waals surface area contributed by atoms with E-state index in [1.54, 1.807) is 23.8 Å². The van der Waals surface area contributed by atoms with Gasteiger partial charge >= 0.3 is 0 Å². The van der Waals surface area contributed by atoms with Crippen LogP contribution in [-0.2, 0) is 16.4 Å². The Bertz CT molecular complexity index is 1380. The molecule has 4 heterocycles. The summed E-state index contributed by atoms with van der Waals surface area (Å²) in [5.74, 6) is -0.731. The number of nitrogens with one attached hydrogen (secondary N) is 2. The molecule has 0 atom stereocenters. The van der Waals surface area contributed by atoms with Gasteiger partial charge in [-0.2, -0.15) is 0 Å². The first kappa shape index (κ1) is 22.4. The number of piperazine rings is 1. The summed E-state index contributed by atoms with van der Waals surface area (Å²) in [4.78, 5) is 38.1. The summed E-state index contributed by atoms with van der Waals surface area (Å²) >= 11 is 1.18. The van der Waals surface area contributed by atoms with Gasteiger partial charge in [-0.3, -0.25) is 19.5 Å². The van der Waals surface area contributed by atoms with E-state index >= 15 is 0 Å². The van der Waals surface area contributed by atoms with Gasteiger partial charge in [0, 0.05) is 49.6 Å². The number of hydrogen-bond acceptors (Lipinski definition) is 9. The highest BCUT2D eigenvalue weighted by atomic mass is 32.2. The van der Waals surface area contributed by atoms with Crippen molar-refractivity contribution in [1.82, 2.24) is 15.3 Å². The zero-order valence-corrected chi connectivity index (χ0v) is 19.9. The minimum atomic E-state index is -3.43. The number of pyridine rings is 1. The molecule has 2 aliphatic heterocycles. The minimum absolute atomic E-state index is 0.0948. The van der Waals surface area contributed by atoms with E-state index in [-0.39, 0.29) is 23.0 Å². The molecule has 12 heteroatoms. The van der Waals surface area contributed by atoms with Gasteiger partial charge in [-0.15, -0.1) is 11.3 Å². The van der Waals surface area contributed by atoms with Crippen LogP contribution < -0.4 is 20.4 Å². The maximum absolute atomic E-state index is 12.9. The van der Waals surface area contributed by atoms with Gasteiger partial charge in [0.05, 0.1) is 29.0 Å². The lowest BCUT2D eigenvalue weighted by Crippen LogP contribution is -2.43. The predicted octanol–water partition coefficient (Wildman–Crippen LogP) is 1.76. The summed E-state index contributed by atoms with van der Waals surface area (Å²) in [6.07, 6.45) is 4.41. The number of benzene rings is 1. The molecule has 10 nitrogen and oxygen atoms in total. The van der Waals surface area contributed by atoms with E-state index in [0.717, 1.165) is 43.7 Å². The molecule has 0 unspecified atom stereocenters. The topological polar surface area (TPSA) is 125 Å². The van der Waals surface area contributed by atoms with Crippen LogP contribution in [0.5, 0.6) is 0 Å². The van der Waals surface area contributed by atoms with Crippen molar-refractivity contribution in [1.29, 1.82) is 0 Å². The third-order valence-electron chi connectivity index (χ3n) is 5.77. The second-order valence-electron chi connectivity index (χ2n) is 8.08. The molecule has 0 radical (unpaired) electrons. The highest BCUT2D eigenvalue weighted by molar-refractivity contribution is 7.90. The first-order chi connectivity index (χ1) is 16.3. The Morgan fingerprint density at radius 2 is 2.00 bits per heavy atom. The van der Waals surface area contributed by atoms with Gasteiger partial charge in [-0.1, -0.05) is 6.07 Å². The van der Waals surface area contributed by atoms with Crippen molar-refractivity contribution in [3.8, 4) is 0 Å². The number of fused-ring (bicyclic) bond motifs is 1. The number of aromatic nitrogens is 2. The molecule has 0 saturated carbocycles. The molecule has 1 aromatic carbocycles. The molecule has 176 valence electrons. The van der Waals surface area contributed by atoms with Gasteiger partial charge in [-0.25, -0.2) is 13.4 Å². The van der Waals surface area contributed by atoms with E-state index in [1.165, 1.54) is 28.4 Å². The molecule has 0 bridgehead atoms. The van der Waals surface area contributed by atoms with E-state index in [2.05, 4.69) is 25.5 Å². The van der Waals surface area contributed by atoms with E-state index in [4.69, 9.17) is 0 Å². The van der Waals surface area contributed by atoms with Gasteiger partial charge in [0.2, 0.25) is 0 Å². The van der Waals surface area contributed by atoms with Crippen LogP contribution in [0, 0.1) is 0 Å². The number of anilines is 3. The Morgan fingerprint density at radius 3 is 2.76 bits per heavy atom. The second kappa shape index (κ2) is 8.78. The molecule has 2 amide bonds. The lowest BCUT2D eigenvalue weighted by Gasteiger charge is -2.30. The number of nitrogens with zero attached hydrogens (tertiary/aromatic N) is 4. The summed E-state index contributed by atoms with van der Waals surface area (Å²) in [5, 5.41) is 8.17. The summed E-state index contributed by atoms with van der Waals surface area (Å²) < 4.78 is 23.7. The number of rotatable bonds is 5. The summed E-state index contributed by atoms with van der Waals surface area (Å²) in [6, 6.07) is 6.41. The number of amides is 2. The minimum Gasteiger partial charge on any atom is -0.367 e. The van der Waals surface area contributed by atoms with Gasteiger partial charge in [-0.05, 0) is 23.8 Å². The van der Waals surface area contributed by atoms with Crippen molar-refractivity contribution < 1.29 is 18.0 Å². The summed E-state index contributed by atoms with van der Waals surface area (Å²) in [5.41, 5.74) is 2.74. The summed E-state index contributed by atoms with van der Waals surface area (Å²) in [7, 11) is -3.43. The van der Waals surface area contributed by atoms with Crippen molar-refractivity contribution >= 4 is 49.5 Å². The van der Waals surface area contributed by atoms with Crippen LogP contribution in [-0.4, -0.2) is 62.6 Å². The molecule has 1 fully saturated rings. The molecular weight excluding hydrogens is 476 g/mol. The van der Waals surface area contributed by atoms with E-state index in [1.807, 2.05) is 6.07 Å². The third kappa shape index (κ3) is 4.27. The summed E-state index contributed by atoms with van der Waals surface area (Å²) in [6.45, 7) is 3.65. The van der Waals surface area contributed by atoms with Crippen LogP contribution in [0.1, 0.15) is 26.4 Å².